The van der Waals surface area contributed by atoms with Crippen molar-refractivity contribution in [2.75, 3.05) is 25.4 Å². The summed E-state index contributed by atoms with van der Waals surface area (Å²) < 4.78 is 25.1. The molecule has 23 heavy (non-hydrogen) atoms. The number of hydrogen-bond acceptors (Lipinski definition) is 3. The summed E-state index contributed by atoms with van der Waals surface area (Å²) in [6.07, 6.45) is 2.03. The molecule has 1 aliphatic rings. The molecule has 1 N–H and O–H groups in total. The molecular weight excluding hydrogens is 312 g/mol. The Bertz CT molecular complexity index is 635. The molecule has 0 unspecified atom stereocenters. The van der Waals surface area contributed by atoms with Gasteiger partial charge in [-0.05, 0) is 44.2 Å². The van der Waals surface area contributed by atoms with Gasteiger partial charge >= 0.3 is 0 Å². The van der Waals surface area contributed by atoms with Gasteiger partial charge in [0.05, 0.1) is 5.75 Å². The normalized spacial score (nSPS) is 17.1. The summed E-state index contributed by atoms with van der Waals surface area (Å²) in [5, 5.41) is 2.99. The number of benzene rings is 1. The van der Waals surface area contributed by atoms with E-state index in [4.69, 9.17) is 0 Å². The smallest absolute Gasteiger partial charge is 0.223 e. The van der Waals surface area contributed by atoms with E-state index in [9.17, 15) is 13.2 Å². The van der Waals surface area contributed by atoms with Gasteiger partial charge in [0, 0.05) is 25.6 Å². The Morgan fingerprint density at radius 3 is 2.52 bits per heavy atom. The number of aryl methyl sites for hydroxylation is 1. The molecule has 1 aliphatic heterocycles. The lowest BCUT2D eigenvalue weighted by Gasteiger charge is -2.30. The zero-order valence-electron chi connectivity index (χ0n) is 13.9. The first-order valence-electron chi connectivity index (χ1n) is 8.24. The van der Waals surface area contributed by atoms with Crippen LogP contribution in [0.5, 0.6) is 0 Å². The molecule has 1 saturated heterocycles. The van der Waals surface area contributed by atoms with Crippen molar-refractivity contribution in [2.45, 2.75) is 33.1 Å². The van der Waals surface area contributed by atoms with Crippen LogP contribution >= 0.6 is 0 Å². The Morgan fingerprint density at radius 2 is 1.91 bits per heavy atom. The van der Waals surface area contributed by atoms with E-state index in [0.717, 1.165) is 6.42 Å². The molecule has 0 spiro atoms. The van der Waals surface area contributed by atoms with E-state index in [1.165, 1.54) is 15.4 Å². The van der Waals surface area contributed by atoms with Crippen molar-refractivity contribution in [3.05, 3.63) is 35.4 Å². The monoisotopic (exact) mass is 338 g/mol. The van der Waals surface area contributed by atoms with Gasteiger partial charge in [0.25, 0.3) is 0 Å². The van der Waals surface area contributed by atoms with E-state index in [1.54, 1.807) is 6.92 Å². The second kappa shape index (κ2) is 7.93. The van der Waals surface area contributed by atoms with E-state index >= 15 is 0 Å². The van der Waals surface area contributed by atoms with E-state index in [2.05, 4.69) is 24.4 Å². The molecule has 0 radical (unpaired) electrons. The summed E-state index contributed by atoms with van der Waals surface area (Å²) in [4.78, 5) is 12.2. The van der Waals surface area contributed by atoms with Crippen LogP contribution in [0.3, 0.4) is 0 Å². The summed E-state index contributed by atoms with van der Waals surface area (Å²) in [5.41, 5.74) is 2.48. The lowest BCUT2D eigenvalue weighted by atomic mass is 9.97. The highest BCUT2D eigenvalue weighted by atomic mass is 32.2. The van der Waals surface area contributed by atoms with Gasteiger partial charge in [-0.2, -0.15) is 0 Å². The number of hydrogen-bond donors (Lipinski definition) is 1. The van der Waals surface area contributed by atoms with Crippen molar-refractivity contribution in [3.8, 4) is 0 Å². The third-order valence-electron chi connectivity index (χ3n) is 4.54. The number of nitrogens with one attached hydrogen (secondary N) is 1. The average molecular weight is 338 g/mol. The Balaban J connectivity index is 1.76. The number of rotatable bonds is 6. The summed E-state index contributed by atoms with van der Waals surface area (Å²) in [7, 11) is -3.13. The Labute approximate surface area is 139 Å². The molecular formula is C17H26N2O3S. The van der Waals surface area contributed by atoms with E-state index in [-0.39, 0.29) is 17.6 Å². The van der Waals surface area contributed by atoms with E-state index < -0.39 is 10.0 Å². The van der Waals surface area contributed by atoms with Gasteiger partial charge in [-0.25, -0.2) is 12.7 Å². The van der Waals surface area contributed by atoms with Gasteiger partial charge in [-0.1, -0.05) is 24.3 Å². The molecule has 0 aliphatic carbocycles. The van der Waals surface area contributed by atoms with Crippen LogP contribution in [0.2, 0.25) is 0 Å². The third-order valence-corrected chi connectivity index (χ3v) is 6.42. The summed E-state index contributed by atoms with van der Waals surface area (Å²) in [6, 6.07) is 8.17. The van der Waals surface area contributed by atoms with E-state index in [0.29, 0.717) is 32.5 Å². The van der Waals surface area contributed by atoms with Crippen LogP contribution in [0.25, 0.3) is 0 Å². The molecule has 1 heterocycles. The number of sulfonamides is 1. The minimum Gasteiger partial charge on any atom is -0.356 e. The molecule has 0 aromatic heterocycles. The molecule has 1 aromatic carbocycles. The van der Waals surface area contributed by atoms with Gasteiger partial charge in [0.1, 0.15) is 0 Å². The highest BCUT2D eigenvalue weighted by Gasteiger charge is 2.29. The molecule has 2 rings (SSSR count). The van der Waals surface area contributed by atoms with Gasteiger partial charge in [-0.15, -0.1) is 0 Å². The van der Waals surface area contributed by atoms with Crippen LogP contribution < -0.4 is 5.32 Å². The zero-order chi connectivity index (χ0) is 16.9. The maximum absolute atomic E-state index is 12.2. The van der Waals surface area contributed by atoms with Crippen molar-refractivity contribution >= 4 is 15.9 Å². The van der Waals surface area contributed by atoms with Gasteiger partial charge < -0.3 is 5.32 Å². The molecule has 0 saturated carbocycles. The lowest BCUT2D eigenvalue weighted by Crippen LogP contribution is -2.43. The molecule has 1 fully saturated rings. The number of carbonyl (C=O) groups is 1. The van der Waals surface area contributed by atoms with Crippen LogP contribution in [0.4, 0.5) is 0 Å². The average Bonchev–Trinajstić information content (AvgIpc) is 2.56. The fraction of sp³-hybridized carbons (Fsp3) is 0.588. The van der Waals surface area contributed by atoms with Crippen molar-refractivity contribution < 1.29 is 13.2 Å². The first-order chi connectivity index (χ1) is 10.9. The third kappa shape index (κ3) is 4.78. The maximum Gasteiger partial charge on any atom is 0.223 e. The SMILES string of the molecule is CCS(=O)(=O)N1CCC(C(=O)NCCc2ccccc2C)CC1. The first-order valence-corrected chi connectivity index (χ1v) is 9.85. The largest absolute Gasteiger partial charge is 0.356 e. The Morgan fingerprint density at radius 1 is 1.26 bits per heavy atom. The van der Waals surface area contributed by atoms with Crippen molar-refractivity contribution in [1.82, 2.24) is 9.62 Å². The van der Waals surface area contributed by atoms with Crippen LogP contribution in [-0.2, 0) is 21.2 Å². The lowest BCUT2D eigenvalue weighted by molar-refractivity contribution is -0.126. The van der Waals surface area contributed by atoms with Crippen molar-refractivity contribution in [1.29, 1.82) is 0 Å². The number of nitrogens with zero attached hydrogens (tertiary/aromatic N) is 1. The number of piperidine rings is 1. The topological polar surface area (TPSA) is 66.5 Å². The Hall–Kier alpha value is -1.40. The molecule has 0 bridgehead atoms. The van der Waals surface area contributed by atoms with Gasteiger partial charge in [-0.3, -0.25) is 4.79 Å². The second-order valence-corrected chi connectivity index (χ2v) is 8.30. The quantitative estimate of drug-likeness (QED) is 0.859. The summed E-state index contributed by atoms with van der Waals surface area (Å²) in [5.74, 6) is 0.0996. The van der Waals surface area contributed by atoms with Gasteiger partial charge in [0.15, 0.2) is 0 Å². The fourth-order valence-corrected chi connectivity index (χ4v) is 4.07. The predicted molar refractivity (Wildman–Crippen MR) is 91.7 cm³/mol. The number of carbonyl (C=O) groups excluding carboxylic acids is 1. The maximum atomic E-state index is 12.2. The highest BCUT2D eigenvalue weighted by Crippen LogP contribution is 2.20. The summed E-state index contributed by atoms with van der Waals surface area (Å²) in [6.45, 7) is 5.25. The standard InChI is InChI=1S/C17H26N2O3S/c1-3-23(21,22)19-12-9-16(10-13-19)17(20)18-11-8-15-7-5-4-6-14(15)2/h4-7,16H,3,8-13H2,1-2H3,(H,18,20). The van der Waals surface area contributed by atoms with Crippen molar-refractivity contribution in [2.24, 2.45) is 5.92 Å². The minimum atomic E-state index is -3.13. The zero-order valence-corrected chi connectivity index (χ0v) is 14.7. The van der Waals surface area contributed by atoms with Crippen molar-refractivity contribution in [3.63, 3.8) is 0 Å². The predicted octanol–water partition coefficient (Wildman–Crippen LogP) is 1.72. The highest BCUT2D eigenvalue weighted by molar-refractivity contribution is 7.89. The second-order valence-electron chi connectivity index (χ2n) is 6.04. The first kappa shape index (κ1) is 17.9. The molecule has 1 aromatic rings. The molecule has 6 heteroatoms. The van der Waals surface area contributed by atoms with Crippen LogP contribution in [0.15, 0.2) is 24.3 Å². The van der Waals surface area contributed by atoms with Crippen LogP contribution in [-0.4, -0.2) is 44.0 Å². The molecule has 0 atom stereocenters. The van der Waals surface area contributed by atoms with Crippen LogP contribution in [0.1, 0.15) is 30.9 Å². The summed E-state index contributed by atoms with van der Waals surface area (Å²) >= 11 is 0. The molecule has 1 amide bonds. The Kier molecular flexibility index (Phi) is 6.18. The van der Waals surface area contributed by atoms with Gasteiger partial charge in [0.2, 0.25) is 15.9 Å². The van der Waals surface area contributed by atoms with E-state index in [1.807, 2.05) is 12.1 Å². The molecule has 5 nitrogen and oxygen atoms in total. The minimum absolute atomic E-state index is 0.0483. The number of amides is 1. The molecule has 128 valence electrons. The van der Waals surface area contributed by atoms with Crippen LogP contribution in [0, 0.1) is 12.8 Å². The fourth-order valence-electron chi connectivity index (χ4n) is 2.93.